The molecule has 3 rings (SSSR count). The summed E-state index contributed by atoms with van der Waals surface area (Å²) in [4.78, 5) is 14.3. The number of amides is 1. The van der Waals surface area contributed by atoms with E-state index in [-0.39, 0.29) is 12.5 Å². The number of hydrogen-bond acceptors (Lipinski definition) is 3. The van der Waals surface area contributed by atoms with Crippen LogP contribution in [0.25, 0.3) is 0 Å². The van der Waals surface area contributed by atoms with Gasteiger partial charge in [0, 0.05) is 25.3 Å². The molecule has 1 fully saturated rings. The molecule has 0 spiro atoms. The van der Waals surface area contributed by atoms with Crippen LogP contribution in [0, 0.1) is 6.92 Å². The van der Waals surface area contributed by atoms with Crippen molar-refractivity contribution in [3.8, 4) is 5.75 Å². The summed E-state index contributed by atoms with van der Waals surface area (Å²) in [7, 11) is 0. The molecule has 0 aromatic heterocycles. The number of nitrogens with zero attached hydrogens (tertiary/aromatic N) is 1. The third-order valence-electron chi connectivity index (χ3n) is 4.26. The van der Waals surface area contributed by atoms with Crippen molar-refractivity contribution in [3.05, 3.63) is 59.7 Å². The Morgan fingerprint density at radius 1 is 1.12 bits per heavy atom. The minimum Gasteiger partial charge on any atom is -0.484 e. The van der Waals surface area contributed by atoms with E-state index >= 15 is 0 Å². The molecule has 1 aliphatic heterocycles. The van der Waals surface area contributed by atoms with Gasteiger partial charge in [0.25, 0.3) is 5.91 Å². The minimum absolute atomic E-state index is 0.0370. The van der Waals surface area contributed by atoms with Gasteiger partial charge < -0.3 is 15.0 Å². The molecule has 1 saturated heterocycles. The van der Waals surface area contributed by atoms with Crippen molar-refractivity contribution < 1.29 is 9.53 Å². The second-order valence-electron chi connectivity index (χ2n) is 6.24. The Morgan fingerprint density at radius 2 is 1.88 bits per heavy atom. The van der Waals surface area contributed by atoms with Gasteiger partial charge in [-0.2, -0.15) is 0 Å². The Morgan fingerprint density at radius 3 is 2.58 bits per heavy atom. The summed E-state index contributed by atoms with van der Waals surface area (Å²) in [6.07, 6.45) is 2.55. The highest BCUT2D eigenvalue weighted by Crippen LogP contribution is 2.20. The monoisotopic (exact) mass is 324 g/mol. The second kappa shape index (κ2) is 7.86. The fraction of sp³-hybridized carbons (Fsp3) is 0.350. The first kappa shape index (κ1) is 16.4. The second-order valence-corrected chi connectivity index (χ2v) is 6.24. The highest BCUT2D eigenvalue weighted by atomic mass is 16.5. The molecule has 0 radical (unpaired) electrons. The predicted molar refractivity (Wildman–Crippen MR) is 96.4 cm³/mol. The maximum Gasteiger partial charge on any atom is 0.258 e. The average Bonchev–Trinajstić information content (AvgIpc) is 3.13. The largest absolute Gasteiger partial charge is 0.484 e. The van der Waals surface area contributed by atoms with Crippen molar-refractivity contribution in [3.63, 3.8) is 0 Å². The molecule has 0 unspecified atom stereocenters. The summed E-state index contributed by atoms with van der Waals surface area (Å²) in [6, 6.07) is 16.1. The first-order valence-corrected chi connectivity index (χ1v) is 8.51. The van der Waals surface area contributed by atoms with Crippen LogP contribution in [0.2, 0.25) is 0 Å². The molecular weight excluding hydrogens is 300 g/mol. The van der Waals surface area contributed by atoms with Crippen LogP contribution in [0.15, 0.2) is 48.5 Å². The lowest BCUT2D eigenvalue weighted by atomic mass is 10.2. The number of anilines is 1. The maximum absolute atomic E-state index is 11.9. The van der Waals surface area contributed by atoms with Crippen molar-refractivity contribution in [2.24, 2.45) is 0 Å². The van der Waals surface area contributed by atoms with Gasteiger partial charge in [0.2, 0.25) is 0 Å². The zero-order chi connectivity index (χ0) is 16.8. The van der Waals surface area contributed by atoms with E-state index in [1.54, 1.807) is 0 Å². The number of benzene rings is 2. The molecule has 4 nitrogen and oxygen atoms in total. The van der Waals surface area contributed by atoms with Crippen LogP contribution in [0.3, 0.4) is 0 Å². The van der Waals surface area contributed by atoms with Gasteiger partial charge in [-0.3, -0.25) is 4.79 Å². The first-order chi connectivity index (χ1) is 11.7. The lowest BCUT2D eigenvalue weighted by molar-refractivity contribution is -0.123. The van der Waals surface area contributed by atoms with Gasteiger partial charge in [0.1, 0.15) is 5.75 Å². The number of hydrogen-bond donors (Lipinski definition) is 1. The quantitative estimate of drug-likeness (QED) is 0.886. The maximum atomic E-state index is 11.9. The summed E-state index contributed by atoms with van der Waals surface area (Å²) in [6.45, 7) is 4.85. The van der Waals surface area contributed by atoms with Crippen molar-refractivity contribution in [2.45, 2.75) is 26.3 Å². The number of carbonyl (C=O) groups is 1. The number of rotatable bonds is 6. The predicted octanol–water partition coefficient (Wildman–Crippen LogP) is 3.29. The lowest BCUT2D eigenvalue weighted by Crippen LogP contribution is -2.28. The number of aryl methyl sites for hydroxylation is 1. The van der Waals surface area contributed by atoms with E-state index in [9.17, 15) is 4.79 Å². The van der Waals surface area contributed by atoms with Gasteiger partial charge >= 0.3 is 0 Å². The van der Waals surface area contributed by atoms with Crippen molar-refractivity contribution >= 4 is 11.6 Å². The van der Waals surface area contributed by atoms with E-state index < -0.39 is 0 Å². The molecule has 0 saturated carbocycles. The van der Waals surface area contributed by atoms with E-state index in [2.05, 4.69) is 34.5 Å². The summed E-state index contributed by atoms with van der Waals surface area (Å²) < 4.78 is 5.50. The van der Waals surface area contributed by atoms with Gasteiger partial charge in [-0.25, -0.2) is 0 Å². The van der Waals surface area contributed by atoms with Gasteiger partial charge in [-0.1, -0.05) is 24.3 Å². The lowest BCUT2D eigenvalue weighted by Gasteiger charge is -2.17. The van der Waals surface area contributed by atoms with Gasteiger partial charge in [0.15, 0.2) is 6.61 Å². The molecule has 126 valence electrons. The summed E-state index contributed by atoms with van der Waals surface area (Å²) >= 11 is 0. The minimum atomic E-state index is -0.111. The van der Waals surface area contributed by atoms with Gasteiger partial charge in [0.05, 0.1) is 0 Å². The third-order valence-corrected chi connectivity index (χ3v) is 4.26. The molecule has 2 aromatic carbocycles. The summed E-state index contributed by atoms with van der Waals surface area (Å²) in [5, 5.41) is 2.90. The molecule has 1 heterocycles. The van der Waals surface area contributed by atoms with E-state index in [0.717, 1.165) is 30.0 Å². The Bertz CT molecular complexity index is 676. The van der Waals surface area contributed by atoms with Crippen LogP contribution < -0.4 is 15.0 Å². The van der Waals surface area contributed by atoms with Gasteiger partial charge in [-0.05, 0) is 55.2 Å². The Hall–Kier alpha value is -2.49. The fourth-order valence-corrected chi connectivity index (χ4v) is 2.91. The van der Waals surface area contributed by atoms with E-state index in [4.69, 9.17) is 4.74 Å². The number of nitrogens with one attached hydrogen (secondary N) is 1. The topological polar surface area (TPSA) is 41.6 Å². The van der Waals surface area contributed by atoms with E-state index in [1.807, 2.05) is 31.2 Å². The SMILES string of the molecule is Cc1cccc(OCC(=O)NCc2ccc(N3CCCC3)cc2)c1. The summed E-state index contributed by atoms with van der Waals surface area (Å²) in [5.41, 5.74) is 3.48. The molecule has 0 bridgehead atoms. The van der Waals surface area contributed by atoms with Crippen LogP contribution in [-0.4, -0.2) is 25.6 Å². The van der Waals surface area contributed by atoms with E-state index in [0.29, 0.717) is 6.54 Å². The van der Waals surface area contributed by atoms with Crippen molar-refractivity contribution in [1.82, 2.24) is 5.32 Å². The Balaban J connectivity index is 1.44. The molecule has 2 aromatic rings. The molecule has 0 atom stereocenters. The van der Waals surface area contributed by atoms with Crippen LogP contribution in [-0.2, 0) is 11.3 Å². The smallest absolute Gasteiger partial charge is 0.258 e. The van der Waals surface area contributed by atoms with Crippen molar-refractivity contribution in [2.75, 3.05) is 24.6 Å². The Kier molecular flexibility index (Phi) is 5.36. The standard InChI is InChI=1S/C20H24N2O2/c1-16-5-4-6-19(13-16)24-15-20(23)21-14-17-7-9-18(10-8-17)22-11-2-3-12-22/h4-10,13H,2-3,11-12,14-15H2,1H3,(H,21,23). The molecule has 1 amide bonds. The number of carbonyl (C=O) groups excluding carboxylic acids is 1. The Labute approximate surface area is 143 Å². The zero-order valence-electron chi connectivity index (χ0n) is 14.1. The first-order valence-electron chi connectivity index (χ1n) is 8.51. The highest BCUT2D eigenvalue weighted by Gasteiger charge is 2.11. The van der Waals surface area contributed by atoms with Crippen LogP contribution >= 0.6 is 0 Å². The van der Waals surface area contributed by atoms with Crippen LogP contribution in [0.1, 0.15) is 24.0 Å². The molecular formula is C20H24N2O2. The summed E-state index contributed by atoms with van der Waals surface area (Å²) in [5.74, 6) is 0.611. The third kappa shape index (κ3) is 4.51. The molecule has 4 heteroatoms. The zero-order valence-corrected chi connectivity index (χ0v) is 14.1. The van der Waals surface area contributed by atoms with Crippen LogP contribution in [0.5, 0.6) is 5.75 Å². The molecule has 0 aliphatic carbocycles. The van der Waals surface area contributed by atoms with E-state index in [1.165, 1.54) is 18.5 Å². The molecule has 1 N–H and O–H groups in total. The van der Waals surface area contributed by atoms with Crippen molar-refractivity contribution in [1.29, 1.82) is 0 Å². The molecule has 1 aliphatic rings. The van der Waals surface area contributed by atoms with Crippen LogP contribution in [0.4, 0.5) is 5.69 Å². The number of ether oxygens (including phenoxy) is 1. The highest BCUT2D eigenvalue weighted by molar-refractivity contribution is 5.77. The van der Waals surface area contributed by atoms with Gasteiger partial charge in [-0.15, -0.1) is 0 Å². The average molecular weight is 324 g/mol. The normalized spacial score (nSPS) is 13.8. The fourth-order valence-electron chi connectivity index (χ4n) is 2.91. The molecule has 24 heavy (non-hydrogen) atoms.